The highest BCUT2D eigenvalue weighted by molar-refractivity contribution is 5.93. The topological polar surface area (TPSA) is 63.7 Å². The number of ether oxygens (including phenoxy) is 2. The van der Waals surface area contributed by atoms with E-state index in [1.807, 2.05) is 38.4 Å². The average Bonchev–Trinajstić information content (AvgIpc) is 2.61. The quantitative estimate of drug-likeness (QED) is 0.843. The molecule has 0 saturated heterocycles. The lowest BCUT2D eigenvalue weighted by molar-refractivity contribution is 0.0941. The number of nitrogens with one attached hydrogen (secondary N) is 1. The lowest BCUT2D eigenvalue weighted by Crippen LogP contribution is -2.34. The number of hydrogen-bond donors (Lipinski definition) is 1. The SMILES string of the molecule is COc1cccc(C(CNC(=O)c2ccc(OC)nc2)N(C)C)c1. The minimum atomic E-state index is -0.167. The third kappa shape index (κ3) is 4.45. The molecule has 1 heterocycles. The summed E-state index contributed by atoms with van der Waals surface area (Å²) in [6.07, 6.45) is 1.50. The van der Waals surface area contributed by atoms with Crippen LogP contribution in [0.5, 0.6) is 11.6 Å². The maximum absolute atomic E-state index is 12.3. The molecular formula is C18H23N3O3. The minimum absolute atomic E-state index is 0.0373. The molecule has 1 N–H and O–H groups in total. The van der Waals surface area contributed by atoms with Crippen LogP contribution in [-0.4, -0.2) is 50.7 Å². The summed E-state index contributed by atoms with van der Waals surface area (Å²) in [5.74, 6) is 1.11. The fraction of sp³-hybridized carbons (Fsp3) is 0.333. The normalized spacial score (nSPS) is 11.9. The molecule has 1 aromatic carbocycles. The lowest BCUT2D eigenvalue weighted by atomic mass is 10.1. The van der Waals surface area contributed by atoms with Crippen molar-refractivity contribution in [3.05, 3.63) is 53.7 Å². The Kier molecular flexibility index (Phi) is 6.14. The molecule has 128 valence electrons. The van der Waals surface area contributed by atoms with Gasteiger partial charge in [0.05, 0.1) is 25.8 Å². The third-order valence-corrected chi connectivity index (χ3v) is 3.77. The first kappa shape index (κ1) is 17.7. The van der Waals surface area contributed by atoms with E-state index in [0.29, 0.717) is 18.0 Å². The number of aromatic nitrogens is 1. The van der Waals surface area contributed by atoms with Crippen LogP contribution in [0.15, 0.2) is 42.6 Å². The van der Waals surface area contributed by atoms with Crippen molar-refractivity contribution in [2.24, 2.45) is 0 Å². The van der Waals surface area contributed by atoms with Crippen LogP contribution in [0, 0.1) is 0 Å². The van der Waals surface area contributed by atoms with E-state index >= 15 is 0 Å². The highest BCUT2D eigenvalue weighted by Gasteiger charge is 2.16. The van der Waals surface area contributed by atoms with Gasteiger partial charge in [0.2, 0.25) is 5.88 Å². The van der Waals surface area contributed by atoms with Gasteiger partial charge in [-0.2, -0.15) is 0 Å². The zero-order chi connectivity index (χ0) is 17.5. The molecule has 0 radical (unpaired) electrons. The van der Waals surface area contributed by atoms with E-state index < -0.39 is 0 Å². The second-order valence-corrected chi connectivity index (χ2v) is 5.56. The van der Waals surface area contributed by atoms with E-state index in [1.54, 1.807) is 19.2 Å². The molecule has 6 nitrogen and oxygen atoms in total. The van der Waals surface area contributed by atoms with Crippen LogP contribution in [0.1, 0.15) is 22.0 Å². The Bertz CT molecular complexity index is 671. The van der Waals surface area contributed by atoms with E-state index in [2.05, 4.69) is 15.2 Å². The van der Waals surface area contributed by atoms with Gasteiger partial charge >= 0.3 is 0 Å². The Balaban J connectivity index is 2.06. The molecule has 1 aromatic heterocycles. The molecule has 6 heteroatoms. The van der Waals surface area contributed by atoms with Crippen LogP contribution < -0.4 is 14.8 Å². The number of hydrogen-bond acceptors (Lipinski definition) is 5. The summed E-state index contributed by atoms with van der Waals surface area (Å²) < 4.78 is 10.3. The van der Waals surface area contributed by atoms with Crippen molar-refractivity contribution in [3.63, 3.8) is 0 Å². The van der Waals surface area contributed by atoms with Crippen molar-refractivity contribution in [3.8, 4) is 11.6 Å². The Labute approximate surface area is 142 Å². The van der Waals surface area contributed by atoms with Gasteiger partial charge in [-0.1, -0.05) is 12.1 Å². The first-order valence-electron chi connectivity index (χ1n) is 7.63. The van der Waals surface area contributed by atoms with Gasteiger partial charge in [0.1, 0.15) is 5.75 Å². The summed E-state index contributed by atoms with van der Waals surface area (Å²) in [6.45, 7) is 0.477. The molecule has 0 fully saturated rings. The van der Waals surface area contributed by atoms with Gasteiger partial charge in [-0.05, 0) is 37.9 Å². The van der Waals surface area contributed by atoms with Crippen molar-refractivity contribution in [1.82, 2.24) is 15.2 Å². The predicted octanol–water partition coefficient (Wildman–Crippen LogP) is 2.13. The first-order chi connectivity index (χ1) is 11.5. The van der Waals surface area contributed by atoms with E-state index in [4.69, 9.17) is 9.47 Å². The standard InChI is InChI=1S/C18H23N3O3/c1-21(2)16(13-6-5-7-15(10-13)23-3)12-20-18(22)14-8-9-17(24-4)19-11-14/h5-11,16H,12H2,1-4H3,(H,20,22). The monoisotopic (exact) mass is 329 g/mol. The van der Waals surface area contributed by atoms with Crippen LogP contribution in [0.25, 0.3) is 0 Å². The summed E-state index contributed by atoms with van der Waals surface area (Å²) in [7, 11) is 7.14. The maximum Gasteiger partial charge on any atom is 0.252 e. The molecule has 2 rings (SSSR count). The second kappa shape index (κ2) is 8.31. The second-order valence-electron chi connectivity index (χ2n) is 5.56. The molecule has 2 aromatic rings. The molecule has 0 saturated carbocycles. The van der Waals surface area contributed by atoms with Gasteiger partial charge in [-0.25, -0.2) is 4.98 Å². The summed E-state index contributed by atoms with van der Waals surface area (Å²) in [5, 5.41) is 2.95. The summed E-state index contributed by atoms with van der Waals surface area (Å²) in [6, 6.07) is 11.2. The van der Waals surface area contributed by atoms with E-state index in [-0.39, 0.29) is 11.9 Å². The molecule has 0 aliphatic rings. The fourth-order valence-electron chi connectivity index (χ4n) is 2.37. The Morgan fingerprint density at radius 2 is 2.00 bits per heavy atom. The Morgan fingerprint density at radius 3 is 2.58 bits per heavy atom. The molecule has 0 aliphatic carbocycles. The largest absolute Gasteiger partial charge is 0.497 e. The van der Waals surface area contributed by atoms with Gasteiger partial charge in [0.25, 0.3) is 5.91 Å². The van der Waals surface area contributed by atoms with Crippen LogP contribution in [0.2, 0.25) is 0 Å². The van der Waals surface area contributed by atoms with E-state index in [1.165, 1.54) is 13.3 Å². The first-order valence-corrected chi connectivity index (χ1v) is 7.63. The number of pyridine rings is 1. The highest BCUT2D eigenvalue weighted by atomic mass is 16.5. The number of nitrogens with zero attached hydrogens (tertiary/aromatic N) is 2. The molecule has 1 unspecified atom stereocenters. The zero-order valence-corrected chi connectivity index (χ0v) is 14.4. The fourth-order valence-corrected chi connectivity index (χ4v) is 2.37. The van der Waals surface area contributed by atoms with Gasteiger partial charge < -0.3 is 19.7 Å². The number of amides is 1. The van der Waals surface area contributed by atoms with Crippen LogP contribution in [0.3, 0.4) is 0 Å². The van der Waals surface area contributed by atoms with Crippen molar-refractivity contribution in [2.45, 2.75) is 6.04 Å². The number of carbonyl (C=O) groups is 1. The smallest absolute Gasteiger partial charge is 0.252 e. The average molecular weight is 329 g/mol. The van der Waals surface area contributed by atoms with Crippen molar-refractivity contribution in [1.29, 1.82) is 0 Å². The molecule has 0 bridgehead atoms. The van der Waals surface area contributed by atoms with Crippen LogP contribution in [-0.2, 0) is 0 Å². The van der Waals surface area contributed by atoms with Crippen LogP contribution in [0.4, 0.5) is 0 Å². The molecule has 1 atom stereocenters. The molecule has 0 spiro atoms. The van der Waals surface area contributed by atoms with Gasteiger partial charge in [-0.3, -0.25) is 4.79 Å². The third-order valence-electron chi connectivity index (χ3n) is 3.77. The van der Waals surface area contributed by atoms with Crippen LogP contribution >= 0.6 is 0 Å². The molecule has 24 heavy (non-hydrogen) atoms. The molecule has 0 aliphatic heterocycles. The Morgan fingerprint density at radius 1 is 1.21 bits per heavy atom. The van der Waals surface area contributed by atoms with Crippen molar-refractivity contribution in [2.75, 3.05) is 34.9 Å². The zero-order valence-electron chi connectivity index (χ0n) is 14.4. The van der Waals surface area contributed by atoms with E-state index in [9.17, 15) is 4.79 Å². The number of carbonyl (C=O) groups excluding carboxylic acids is 1. The lowest BCUT2D eigenvalue weighted by Gasteiger charge is -2.25. The summed E-state index contributed by atoms with van der Waals surface area (Å²) in [4.78, 5) is 18.4. The number of benzene rings is 1. The summed E-state index contributed by atoms with van der Waals surface area (Å²) >= 11 is 0. The Hall–Kier alpha value is -2.60. The molecular weight excluding hydrogens is 306 g/mol. The van der Waals surface area contributed by atoms with E-state index in [0.717, 1.165) is 11.3 Å². The van der Waals surface area contributed by atoms with Crippen molar-refractivity contribution < 1.29 is 14.3 Å². The highest BCUT2D eigenvalue weighted by Crippen LogP contribution is 2.22. The summed E-state index contributed by atoms with van der Waals surface area (Å²) in [5.41, 5.74) is 1.58. The molecule has 1 amide bonds. The number of likely N-dealkylation sites (N-methyl/N-ethyl adjacent to an activating group) is 1. The number of rotatable bonds is 7. The minimum Gasteiger partial charge on any atom is -0.497 e. The number of methoxy groups -OCH3 is 2. The van der Waals surface area contributed by atoms with Gasteiger partial charge in [0, 0.05) is 18.8 Å². The van der Waals surface area contributed by atoms with Crippen molar-refractivity contribution >= 4 is 5.91 Å². The van der Waals surface area contributed by atoms with Gasteiger partial charge in [0.15, 0.2) is 0 Å². The maximum atomic E-state index is 12.3. The van der Waals surface area contributed by atoms with Gasteiger partial charge in [-0.15, -0.1) is 0 Å². The predicted molar refractivity (Wildman–Crippen MR) is 92.5 cm³/mol.